The number of hydrogen-bond acceptors (Lipinski definition) is 0. The largest absolute Gasteiger partial charge is 2.00 e. The second-order valence-electron chi connectivity index (χ2n) is 0. The molecule has 0 aliphatic rings. The van der Waals surface area contributed by atoms with E-state index in [1.165, 1.54) is 0 Å². The van der Waals surface area contributed by atoms with Gasteiger partial charge < -0.3 is 8.33 Å². The molecule has 24 valence electrons. The van der Waals surface area contributed by atoms with Crippen molar-refractivity contribution in [1.29, 1.82) is 0 Å². The van der Waals surface area contributed by atoms with E-state index in [2.05, 4.69) is 0 Å². The summed E-state index contributed by atoms with van der Waals surface area (Å²) in [5, 5.41) is 0. The van der Waals surface area contributed by atoms with E-state index in [9.17, 15) is 0 Å². The minimum atomic E-state index is 0. The molecule has 4 heavy (non-hydrogen) atoms. The Morgan fingerprint density at radius 1 is 1.25 bits per heavy atom. The minimum absolute atomic E-state index is 0. The normalized spacial score (nSPS) is 0. The van der Waals surface area contributed by atoms with Crippen LogP contribution in [0.5, 0.6) is 0 Å². The first-order valence-corrected chi connectivity index (χ1v) is 0. The summed E-state index contributed by atoms with van der Waals surface area (Å²) >= 11 is 0. The van der Waals surface area contributed by atoms with Gasteiger partial charge in [-0.2, -0.15) is 0 Å². The van der Waals surface area contributed by atoms with E-state index in [0.29, 0.717) is 0 Å². The molecule has 0 aromatic rings. The van der Waals surface area contributed by atoms with Crippen molar-refractivity contribution in [2.75, 3.05) is 0 Å². The van der Waals surface area contributed by atoms with Gasteiger partial charge in [0.1, 0.15) is 0 Å². The maximum atomic E-state index is 0. The van der Waals surface area contributed by atoms with E-state index in [-0.39, 0.29) is 107 Å². The molecule has 2 N–H and O–H groups in total. The number of hydrogen-bond donors (Lipinski definition) is 0. The predicted molar refractivity (Wildman–Crippen MR) is 11.6 cm³/mol. The Hall–Kier alpha value is 3.14. The maximum Gasteiger partial charge on any atom is 2.00 e. The van der Waals surface area contributed by atoms with Gasteiger partial charge in [-0.3, -0.25) is 0 Å². The van der Waals surface area contributed by atoms with Crippen molar-refractivity contribution < 1.29 is 57.8 Å². The molecule has 0 aliphatic heterocycles. The van der Waals surface area contributed by atoms with Gasteiger partial charge in [0.25, 0.3) is 0 Å². The first-order valence-electron chi connectivity index (χ1n) is 0. The molecule has 0 saturated heterocycles. The van der Waals surface area contributed by atoms with Crippen LogP contribution in [0.15, 0.2) is 0 Å². The third-order valence-electron chi connectivity index (χ3n) is 0. The van der Waals surface area contributed by atoms with Gasteiger partial charge in [-0.05, 0) is 0 Å². The van der Waals surface area contributed by atoms with E-state index >= 15 is 0 Å². The van der Waals surface area contributed by atoms with Crippen LogP contribution in [0.25, 0.3) is 0 Å². The molecule has 4 heteroatoms. The maximum absolute atomic E-state index is 0. The standard InChI is InChI=1S/Ba.Co.H2O.Y.2H/h;;1H2;;;/q+2;;;;2*-1. The third kappa shape index (κ3) is 8.94. The van der Waals surface area contributed by atoms with Crippen LogP contribution in [0.2, 0.25) is 0 Å². The quantitative estimate of drug-likeness (QED) is 0.515. The molecule has 1 nitrogen and oxygen atoms in total. The molecule has 0 bridgehead atoms. The molecule has 0 aromatic carbocycles. The summed E-state index contributed by atoms with van der Waals surface area (Å²) in [6.07, 6.45) is 0. The smallest absolute Gasteiger partial charge is 1.00 e. The molecule has 2 radical (unpaired) electrons. The summed E-state index contributed by atoms with van der Waals surface area (Å²) < 4.78 is 0. The van der Waals surface area contributed by atoms with Gasteiger partial charge in [-0.1, -0.05) is 0 Å². The molecule has 0 aromatic heterocycles. The van der Waals surface area contributed by atoms with Crippen LogP contribution in [0, 0.1) is 0 Å². The van der Waals surface area contributed by atoms with Crippen molar-refractivity contribution in [2.45, 2.75) is 0 Å². The Labute approximate surface area is 104 Å². The fraction of sp³-hybridized carbons (Fsp3) is 0. The van der Waals surface area contributed by atoms with E-state index in [0.717, 1.165) is 0 Å². The molecule has 0 spiro atoms. The molecule has 0 atom stereocenters. The first kappa shape index (κ1) is 27.3. The van der Waals surface area contributed by atoms with Gasteiger partial charge in [0, 0.05) is 49.5 Å². The van der Waals surface area contributed by atoms with Crippen LogP contribution in [-0.2, 0) is 49.5 Å². The summed E-state index contributed by atoms with van der Waals surface area (Å²) in [6.45, 7) is 0. The van der Waals surface area contributed by atoms with Gasteiger partial charge in [-0.15, -0.1) is 0 Å². The van der Waals surface area contributed by atoms with E-state index in [4.69, 9.17) is 0 Å². The van der Waals surface area contributed by atoms with E-state index < -0.39 is 0 Å². The van der Waals surface area contributed by atoms with Crippen molar-refractivity contribution in [2.24, 2.45) is 0 Å². The Kier molecular flexibility index (Phi) is 112. The fourth-order valence-corrected chi connectivity index (χ4v) is 0. The van der Waals surface area contributed by atoms with Crippen molar-refractivity contribution in [3.8, 4) is 0 Å². The SMILES string of the molecule is O.[Ba+2].[Co].[H-].[H-].[Y]. The second-order valence-corrected chi connectivity index (χ2v) is 0. The van der Waals surface area contributed by atoms with Gasteiger partial charge >= 0.3 is 48.9 Å². The summed E-state index contributed by atoms with van der Waals surface area (Å²) in [6, 6.07) is 0. The zero-order valence-corrected chi connectivity index (χ0v) is 10.4. The van der Waals surface area contributed by atoms with Crippen LogP contribution in [-0.4, -0.2) is 54.4 Å². The van der Waals surface area contributed by atoms with Gasteiger partial charge in [0.15, 0.2) is 0 Å². The summed E-state index contributed by atoms with van der Waals surface area (Å²) in [5.74, 6) is 0. The molecular weight excluding hydrogens is 301 g/mol. The zero-order chi connectivity index (χ0) is 0. The van der Waals surface area contributed by atoms with Crippen LogP contribution in [0.1, 0.15) is 2.85 Å². The summed E-state index contributed by atoms with van der Waals surface area (Å²) in [4.78, 5) is 0. The van der Waals surface area contributed by atoms with Crippen LogP contribution in [0.3, 0.4) is 0 Å². The van der Waals surface area contributed by atoms with Gasteiger partial charge in [-0.25, -0.2) is 0 Å². The average Bonchev–Trinajstić information content (AvgIpc) is 0. The Morgan fingerprint density at radius 2 is 1.25 bits per heavy atom. The van der Waals surface area contributed by atoms with E-state index in [1.807, 2.05) is 0 Å². The first-order chi connectivity index (χ1) is 0. The minimum Gasteiger partial charge on any atom is -1.00 e. The Balaban J connectivity index is 0. The summed E-state index contributed by atoms with van der Waals surface area (Å²) in [5.41, 5.74) is 0. The molecule has 0 unspecified atom stereocenters. The molecular formula is H4BaCoOY. The molecule has 0 amide bonds. The topological polar surface area (TPSA) is 31.5 Å². The van der Waals surface area contributed by atoms with Crippen molar-refractivity contribution in [3.63, 3.8) is 0 Å². The third-order valence-corrected chi connectivity index (χ3v) is 0. The molecule has 0 heterocycles. The van der Waals surface area contributed by atoms with Crippen molar-refractivity contribution >= 4 is 48.9 Å². The Morgan fingerprint density at radius 3 is 1.25 bits per heavy atom. The monoisotopic (exact) mass is 306 g/mol. The molecule has 0 aliphatic carbocycles. The number of rotatable bonds is 0. The molecule has 0 saturated carbocycles. The van der Waals surface area contributed by atoms with Gasteiger partial charge in [0.05, 0.1) is 0 Å². The predicted octanol–water partition coefficient (Wildman–Crippen LogP) is -0.986. The van der Waals surface area contributed by atoms with Crippen LogP contribution < -0.4 is 0 Å². The van der Waals surface area contributed by atoms with Gasteiger partial charge in [0.2, 0.25) is 0 Å². The molecule has 0 rings (SSSR count). The summed E-state index contributed by atoms with van der Waals surface area (Å²) in [7, 11) is 0. The average molecular weight is 305 g/mol. The van der Waals surface area contributed by atoms with Crippen molar-refractivity contribution in [3.05, 3.63) is 0 Å². The zero-order valence-electron chi connectivity index (χ0n) is 4.12. The van der Waals surface area contributed by atoms with Crippen molar-refractivity contribution in [1.82, 2.24) is 0 Å². The van der Waals surface area contributed by atoms with Crippen LogP contribution >= 0.6 is 0 Å². The van der Waals surface area contributed by atoms with E-state index in [1.54, 1.807) is 0 Å². The fourth-order valence-electron chi connectivity index (χ4n) is 0. The second kappa shape index (κ2) is 16.5. The van der Waals surface area contributed by atoms with Crippen LogP contribution in [0.4, 0.5) is 0 Å². The Bertz CT molecular complexity index is 13.5. The molecule has 0 fully saturated rings.